The van der Waals surface area contributed by atoms with Crippen LogP contribution in [0, 0.1) is 11.3 Å². The summed E-state index contributed by atoms with van der Waals surface area (Å²) in [7, 11) is 0. The van der Waals surface area contributed by atoms with Crippen molar-refractivity contribution < 1.29 is 0 Å². The first-order chi connectivity index (χ1) is 12.7. The van der Waals surface area contributed by atoms with Crippen LogP contribution in [0.3, 0.4) is 0 Å². The third-order valence-electron chi connectivity index (χ3n) is 5.30. The van der Waals surface area contributed by atoms with Crippen LogP contribution in [0.5, 0.6) is 0 Å². The van der Waals surface area contributed by atoms with Gasteiger partial charge >= 0.3 is 0 Å². The number of fused-ring (bicyclic) bond motifs is 1. The Morgan fingerprint density at radius 2 is 2.15 bits per heavy atom. The van der Waals surface area contributed by atoms with E-state index in [1.807, 2.05) is 31.5 Å². The first kappa shape index (κ1) is 17.2. The molecule has 1 fully saturated rings. The van der Waals surface area contributed by atoms with Crippen LogP contribution in [0.4, 0.5) is 0 Å². The summed E-state index contributed by atoms with van der Waals surface area (Å²) < 4.78 is 2.25. The van der Waals surface area contributed by atoms with Crippen molar-refractivity contribution >= 4 is 28.6 Å². The lowest BCUT2D eigenvalue weighted by Crippen LogP contribution is -2.11. The molecule has 2 aliphatic carbocycles. The lowest BCUT2D eigenvalue weighted by Gasteiger charge is -2.17. The average Bonchev–Trinajstić information content (AvgIpc) is 3.27. The molecule has 0 amide bonds. The molecule has 0 radical (unpaired) electrons. The second kappa shape index (κ2) is 7.19. The van der Waals surface area contributed by atoms with Crippen LogP contribution in [0.15, 0.2) is 53.1 Å². The van der Waals surface area contributed by atoms with Crippen molar-refractivity contribution in [2.24, 2.45) is 5.92 Å². The highest BCUT2D eigenvalue weighted by atomic mass is 32.2. The first-order valence-electron chi connectivity index (χ1n) is 9.11. The fourth-order valence-corrected chi connectivity index (χ4v) is 4.70. The van der Waals surface area contributed by atoms with Gasteiger partial charge in [-0.05, 0) is 49.0 Å². The summed E-state index contributed by atoms with van der Waals surface area (Å²) in [6.45, 7) is 4.29. The molecule has 2 atom stereocenters. The summed E-state index contributed by atoms with van der Waals surface area (Å²) in [5.41, 5.74) is 4.57. The number of aromatic nitrogens is 4. The first-order valence-corrected chi connectivity index (χ1v) is 10.1. The minimum absolute atomic E-state index is 0.500. The van der Waals surface area contributed by atoms with Gasteiger partial charge in [-0.3, -0.25) is 0 Å². The molecule has 0 spiro atoms. The number of hydrogen-bond donors (Lipinski definition) is 1. The number of hydrogen-bond acceptors (Lipinski definition) is 5. The highest BCUT2D eigenvalue weighted by Crippen LogP contribution is 2.37. The Balaban J connectivity index is 1.57. The highest BCUT2D eigenvalue weighted by molar-refractivity contribution is 7.99. The van der Waals surface area contributed by atoms with Crippen molar-refractivity contribution in [1.29, 1.82) is 5.41 Å². The summed E-state index contributed by atoms with van der Waals surface area (Å²) in [5.74, 6) is 1.48. The molecule has 5 nitrogen and oxygen atoms in total. The lowest BCUT2D eigenvalue weighted by atomic mass is 10.0. The molecular formula is C20H23N5S. The summed E-state index contributed by atoms with van der Waals surface area (Å²) >= 11 is 1.68. The SMILES string of the molecule is C/C=C1/C=C(CSc2ncnc3c2ncn3C2CCCC2C)C=CC1=N. The van der Waals surface area contributed by atoms with Crippen LogP contribution < -0.4 is 0 Å². The van der Waals surface area contributed by atoms with Crippen molar-refractivity contribution in [1.82, 2.24) is 19.5 Å². The van der Waals surface area contributed by atoms with Gasteiger partial charge in [0.05, 0.1) is 12.0 Å². The number of nitrogens with one attached hydrogen (secondary N) is 1. The molecule has 2 aliphatic rings. The average molecular weight is 366 g/mol. The molecule has 2 aromatic heterocycles. The van der Waals surface area contributed by atoms with Crippen LogP contribution in [-0.4, -0.2) is 31.0 Å². The van der Waals surface area contributed by atoms with E-state index in [2.05, 4.69) is 32.5 Å². The molecule has 0 bridgehead atoms. The van der Waals surface area contributed by atoms with E-state index in [0.29, 0.717) is 17.7 Å². The minimum Gasteiger partial charge on any atom is -0.312 e. The van der Waals surface area contributed by atoms with Gasteiger partial charge in [0.1, 0.15) is 16.9 Å². The molecule has 6 heteroatoms. The maximum absolute atomic E-state index is 7.90. The predicted molar refractivity (Wildman–Crippen MR) is 107 cm³/mol. The second-order valence-corrected chi connectivity index (χ2v) is 7.94. The maximum Gasteiger partial charge on any atom is 0.164 e. The molecule has 1 N–H and O–H groups in total. The zero-order valence-electron chi connectivity index (χ0n) is 15.1. The zero-order valence-corrected chi connectivity index (χ0v) is 16.0. The Morgan fingerprint density at radius 3 is 2.92 bits per heavy atom. The van der Waals surface area contributed by atoms with Gasteiger partial charge in [-0.25, -0.2) is 15.0 Å². The van der Waals surface area contributed by atoms with E-state index in [1.165, 1.54) is 24.8 Å². The summed E-state index contributed by atoms with van der Waals surface area (Å²) in [5, 5.41) is 8.83. The van der Waals surface area contributed by atoms with Crippen molar-refractivity contribution in [3.63, 3.8) is 0 Å². The van der Waals surface area contributed by atoms with E-state index in [-0.39, 0.29) is 0 Å². The second-order valence-electron chi connectivity index (χ2n) is 6.98. The molecule has 2 heterocycles. The monoisotopic (exact) mass is 365 g/mol. The van der Waals surface area contributed by atoms with E-state index >= 15 is 0 Å². The van der Waals surface area contributed by atoms with Crippen LogP contribution >= 0.6 is 11.8 Å². The molecule has 0 aromatic carbocycles. The molecule has 4 rings (SSSR count). The van der Waals surface area contributed by atoms with Crippen molar-refractivity contribution in [3.05, 3.63) is 48.1 Å². The van der Waals surface area contributed by atoms with Gasteiger partial charge in [0.2, 0.25) is 0 Å². The fourth-order valence-electron chi connectivity index (χ4n) is 3.81. The topological polar surface area (TPSA) is 67.5 Å². The van der Waals surface area contributed by atoms with Crippen LogP contribution in [-0.2, 0) is 0 Å². The Kier molecular flexibility index (Phi) is 4.76. The molecule has 2 aromatic rings. The van der Waals surface area contributed by atoms with Crippen molar-refractivity contribution in [2.45, 2.75) is 44.2 Å². The van der Waals surface area contributed by atoms with Gasteiger partial charge in [-0.15, -0.1) is 0 Å². The fraction of sp³-hybridized carbons (Fsp3) is 0.400. The van der Waals surface area contributed by atoms with E-state index in [0.717, 1.165) is 27.5 Å². The van der Waals surface area contributed by atoms with Crippen LogP contribution in [0.25, 0.3) is 11.2 Å². The quantitative estimate of drug-likeness (QED) is 0.627. The summed E-state index contributed by atoms with van der Waals surface area (Å²) in [6, 6.07) is 0.500. The molecule has 0 saturated heterocycles. The van der Waals surface area contributed by atoms with Gasteiger partial charge in [-0.2, -0.15) is 0 Å². The number of thioether (sulfide) groups is 1. The maximum atomic E-state index is 7.90. The van der Waals surface area contributed by atoms with E-state index in [4.69, 9.17) is 5.41 Å². The third-order valence-corrected chi connectivity index (χ3v) is 6.35. The Bertz CT molecular complexity index is 937. The Labute approximate surface area is 157 Å². The van der Waals surface area contributed by atoms with E-state index in [9.17, 15) is 0 Å². The molecule has 2 unspecified atom stereocenters. The minimum atomic E-state index is 0.500. The summed E-state index contributed by atoms with van der Waals surface area (Å²) in [6.07, 6.45) is 15.3. The number of imidazole rings is 1. The normalized spacial score (nSPS) is 24.6. The van der Waals surface area contributed by atoms with Crippen molar-refractivity contribution in [3.8, 4) is 0 Å². The Morgan fingerprint density at radius 1 is 1.27 bits per heavy atom. The van der Waals surface area contributed by atoms with Gasteiger partial charge in [0.15, 0.2) is 5.65 Å². The molecular weight excluding hydrogens is 342 g/mol. The standard InChI is InChI=1S/C20H23N5S/c1-3-15-9-14(7-8-16(15)21)10-26-20-18-19(22-11-23-20)25(12-24-18)17-6-4-5-13(17)2/h3,7-9,11-13,17,21H,4-6,10H2,1-2H3/b15-3-,21-16?. The van der Waals surface area contributed by atoms with Gasteiger partial charge in [-0.1, -0.05) is 37.3 Å². The Hall–Kier alpha value is -2.21. The molecule has 26 heavy (non-hydrogen) atoms. The molecule has 1 saturated carbocycles. The van der Waals surface area contributed by atoms with Gasteiger partial charge < -0.3 is 9.98 Å². The van der Waals surface area contributed by atoms with Gasteiger partial charge in [0.25, 0.3) is 0 Å². The molecule has 0 aliphatic heterocycles. The third kappa shape index (κ3) is 3.14. The lowest BCUT2D eigenvalue weighted by molar-refractivity contribution is 0.414. The highest BCUT2D eigenvalue weighted by Gasteiger charge is 2.27. The largest absolute Gasteiger partial charge is 0.312 e. The van der Waals surface area contributed by atoms with Gasteiger partial charge in [0, 0.05) is 11.8 Å². The van der Waals surface area contributed by atoms with E-state index in [1.54, 1.807) is 18.1 Å². The predicted octanol–water partition coefficient (Wildman–Crippen LogP) is 4.74. The van der Waals surface area contributed by atoms with Crippen LogP contribution in [0.1, 0.15) is 39.2 Å². The van der Waals surface area contributed by atoms with E-state index < -0.39 is 0 Å². The summed E-state index contributed by atoms with van der Waals surface area (Å²) in [4.78, 5) is 13.6. The number of allylic oxidation sites excluding steroid dienone is 5. The zero-order chi connectivity index (χ0) is 18.1. The number of nitrogens with zero attached hydrogens (tertiary/aromatic N) is 4. The van der Waals surface area contributed by atoms with Crippen molar-refractivity contribution in [2.75, 3.05) is 5.75 Å². The number of rotatable bonds is 4. The molecule has 134 valence electrons. The smallest absolute Gasteiger partial charge is 0.164 e. The van der Waals surface area contributed by atoms with Crippen LogP contribution in [0.2, 0.25) is 0 Å².